The van der Waals surface area contributed by atoms with Gasteiger partial charge in [0.05, 0.1) is 6.10 Å². The molecule has 0 radical (unpaired) electrons. The van der Waals surface area contributed by atoms with E-state index in [1.807, 2.05) is 29.7 Å². The Morgan fingerprint density at radius 1 is 1.12 bits per heavy atom. The number of nitrogens with zero attached hydrogens (tertiary/aromatic N) is 3. The fourth-order valence-corrected chi connectivity index (χ4v) is 4.99. The van der Waals surface area contributed by atoms with Gasteiger partial charge in [-0.15, -0.1) is 11.3 Å². The molecule has 0 saturated carbocycles. The molecule has 4 nitrogen and oxygen atoms in total. The van der Waals surface area contributed by atoms with Gasteiger partial charge in [0.2, 0.25) is 0 Å². The first-order valence-corrected chi connectivity index (χ1v) is 10.2. The lowest BCUT2D eigenvalue weighted by molar-refractivity contribution is 0.140. The summed E-state index contributed by atoms with van der Waals surface area (Å²) in [6.07, 6.45) is 5.15. The normalized spacial score (nSPS) is 25.0. The number of likely N-dealkylation sites (tertiary alicyclic amines) is 2. The molecule has 2 aromatic rings. The molecule has 0 aliphatic carbocycles. The zero-order chi connectivity index (χ0) is 17.1. The Morgan fingerprint density at radius 3 is 2.80 bits per heavy atom. The molecule has 0 amide bonds. The average Bonchev–Trinajstić information content (AvgIpc) is 3.34. The lowest BCUT2D eigenvalue weighted by Crippen LogP contribution is -2.21. The smallest absolute Gasteiger partial charge is 0.0711 e. The highest BCUT2D eigenvalue weighted by atomic mass is 32.1. The van der Waals surface area contributed by atoms with Crippen LogP contribution in [0.4, 0.5) is 0 Å². The summed E-state index contributed by atoms with van der Waals surface area (Å²) in [7, 11) is 0. The molecular formula is C20H27N3OS. The van der Waals surface area contributed by atoms with E-state index in [4.69, 9.17) is 0 Å². The lowest BCUT2D eigenvalue weighted by Gasteiger charge is -2.15. The Kier molecular flexibility index (Phi) is 5.46. The van der Waals surface area contributed by atoms with Gasteiger partial charge in [-0.3, -0.25) is 14.8 Å². The number of aliphatic hydroxyl groups excluding tert-OH is 1. The van der Waals surface area contributed by atoms with Crippen LogP contribution in [0.2, 0.25) is 0 Å². The van der Waals surface area contributed by atoms with Crippen LogP contribution in [0, 0.1) is 5.92 Å². The second-order valence-electron chi connectivity index (χ2n) is 7.45. The van der Waals surface area contributed by atoms with E-state index in [0.29, 0.717) is 5.92 Å². The van der Waals surface area contributed by atoms with Gasteiger partial charge in [-0.05, 0) is 61.5 Å². The molecular weight excluding hydrogens is 330 g/mol. The van der Waals surface area contributed by atoms with Crippen molar-refractivity contribution in [1.82, 2.24) is 14.8 Å². The second-order valence-corrected chi connectivity index (χ2v) is 8.45. The first-order valence-electron chi connectivity index (χ1n) is 9.35. The van der Waals surface area contributed by atoms with Crippen molar-refractivity contribution in [2.45, 2.75) is 38.5 Å². The largest absolute Gasteiger partial charge is 0.391 e. The van der Waals surface area contributed by atoms with Crippen LogP contribution in [-0.4, -0.2) is 52.2 Å². The summed E-state index contributed by atoms with van der Waals surface area (Å²) in [6, 6.07) is 8.38. The molecule has 2 fully saturated rings. The highest BCUT2D eigenvalue weighted by Gasteiger charge is 2.31. The Hall–Kier alpha value is -1.27. The molecule has 2 atom stereocenters. The van der Waals surface area contributed by atoms with Crippen LogP contribution in [-0.2, 0) is 19.5 Å². The van der Waals surface area contributed by atoms with Crippen molar-refractivity contribution in [2.75, 3.05) is 26.2 Å². The molecule has 4 heterocycles. The zero-order valence-corrected chi connectivity index (χ0v) is 15.5. The van der Waals surface area contributed by atoms with Crippen molar-refractivity contribution in [1.29, 1.82) is 0 Å². The SMILES string of the molecule is O[C@@H]1CN(Cc2cc(CN3CCCC3)cs2)C[C@H]1Cc1ccccn1. The number of hydrogen-bond acceptors (Lipinski definition) is 5. The lowest BCUT2D eigenvalue weighted by atomic mass is 10.00. The van der Waals surface area contributed by atoms with E-state index >= 15 is 0 Å². The van der Waals surface area contributed by atoms with Crippen molar-refractivity contribution < 1.29 is 5.11 Å². The van der Waals surface area contributed by atoms with Crippen LogP contribution in [0.25, 0.3) is 0 Å². The molecule has 2 aliphatic rings. The number of aromatic nitrogens is 1. The van der Waals surface area contributed by atoms with Gasteiger partial charge in [-0.2, -0.15) is 0 Å². The minimum atomic E-state index is -0.244. The van der Waals surface area contributed by atoms with E-state index in [-0.39, 0.29) is 6.10 Å². The molecule has 0 bridgehead atoms. The van der Waals surface area contributed by atoms with Crippen LogP contribution >= 0.6 is 11.3 Å². The molecule has 1 N–H and O–H groups in total. The summed E-state index contributed by atoms with van der Waals surface area (Å²) >= 11 is 1.86. The first-order chi connectivity index (χ1) is 12.3. The Morgan fingerprint density at radius 2 is 2.00 bits per heavy atom. The standard InChI is InChI=1S/C20H27N3OS/c24-20-14-23(12-17(20)10-18-5-1-2-6-21-18)13-19-9-16(15-25-19)11-22-7-3-4-8-22/h1-2,5-6,9,15,17,20,24H,3-4,7-8,10-14H2/t17-,20-/m1/s1. The third-order valence-electron chi connectivity index (χ3n) is 5.37. The quantitative estimate of drug-likeness (QED) is 0.863. The highest BCUT2D eigenvalue weighted by molar-refractivity contribution is 7.10. The summed E-state index contributed by atoms with van der Waals surface area (Å²) in [5.41, 5.74) is 2.53. The predicted octanol–water partition coefficient (Wildman–Crippen LogP) is 2.77. The van der Waals surface area contributed by atoms with E-state index in [0.717, 1.165) is 38.3 Å². The molecule has 2 aromatic heterocycles. The molecule has 0 unspecified atom stereocenters. The van der Waals surface area contributed by atoms with E-state index < -0.39 is 0 Å². The van der Waals surface area contributed by atoms with E-state index in [1.165, 1.54) is 36.4 Å². The number of pyridine rings is 1. The van der Waals surface area contributed by atoms with Gasteiger partial charge in [0.1, 0.15) is 0 Å². The van der Waals surface area contributed by atoms with E-state index in [2.05, 4.69) is 32.3 Å². The van der Waals surface area contributed by atoms with Gasteiger partial charge < -0.3 is 5.11 Å². The zero-order valence-electron chi connectivity index (χ0n) is 14.7. The molecule has 25 heavy (non-hydrogen) atoms. The van der Waals surface area contributed by atoms with Gasteiger partial charge in [0, 0.05) is 48.9 Å². The number of β-amino-alcohol motifs (C(OH)–C–C–N with tert-alkyl or cyclic N) is 1. The van der Waals surface area contributed by atoms with Gasteiger partial charge >= 0.3 is 0 Å². The number of aliphatic hydroxyl groups is 1. The summed E-state index contributed by atoms with van der Waals surface area (Å²) in [4.78, 5) is 10.8. The molecule has 4 rings (SSSR count). The monoisotopic (exact) mass is 357 g/mol. The average molecular weight is 358 g/mol. The van der Waals surface area contributed by atoms with Crippen LogP contribution < -0.4 is 0 Å². The predicted molar refractivity (Wildman–Crippen MR) is 102 cm³/mol. The van der Waals surface area contributed by atoms with Crippen molar-refractivity contribution in [3.8, 4) is 0 Å². The Labute approximate surface area is 154 Å². The number of hydrogen-bond donors (Lipinski definition) is 1. The highest BCUT2D eigenvalue weighted by Crippen LogP contribution is 2.25. The summed E-state index contributed by atoms with van der Waals surface area (Å²) in [5.74, 6) is 0.291. The van der Waals surface area contributed by atoms with Crippen LogP contribution in [0.1, 0.15) is 29.0 Å². The van der Waals surface area contributed by atoms with Crippen LogP contribution in [0.5, 0.6) is 0 Å². The summed E-state index contributed by atoms with van der Waals surface area (Å²) in [6.45, 7) is 6.28. The molecule has 2 saturated heterocycles. The molecule has 0 aromatic carbocycles. The maximum atomic E-state index is 10.4. The Bertz CT molecular complexity index is 669. The molecule has 0 spiro atoms. The van der Waals surface area contributed by atoms with Gasteiger partial charge in [-0.25, -0.2) is 0 Å². The first kappa shape index (κ1) is 17.2. The van der Waals surface area contributed by atoms with Gasteiger partial charge in [0.25, 0.3) is 0 Å². The molecule has 5 heteroatoms. The third kappa shape index (κ3) is 4.47. The second kappa shape index (κ2) is 7.96. The number of rotatable bonds is 6. The van der Waals surface area contributed by atoms with Gasteiger partial charge in [-0.1, -0.05) is 6.07 Å². The minimum absolute atomic E-state index is 0.244. The third-order valence-corrected chi connectivity index (χ3v) is 6.34. The fourth-order valence-electron chi connectivity index (χ4n) is 4.07. The maximum absolute atomic E-state index is 10.4. The van der Waals surface area contributed by atoms with Gasteiger partial charge in [0.15, 0.2) is 0 Å². The fraction of sp³-hybridized carbons (Fsp3) is 0.550. The molecule has 134 valence electrons. The van der Waals surface area contributed by atoms with Crippen molar-refractivity contribution in [2.24, 2.45) is 5.92 Å². The van der Waals surface area contributed by atoms with Crippen LogP contribution in [0.3, 0.4) is 0 Å². The van der Waals surface area contributed by atoms with E-state index in [9.17, 15) is 5.11 Å². The van der Waals surface area contributed by atoms with Crippen LogP contribution in [0.15, 0.2) is 35.8 Å². The topological polar surface area (TPSA) is 39.6 Å². The summed E-state index contributed by atoms with van der Waals surface area (Å²) < 4.78 is 0. The number of thiophene rings is 1. The van der Waals surface area contributed by atoms with Crippen molar-refractivity contribution in [3.05, 3.63) is 52.0 Å². The minimum Gasteiger partial charge on any atom is -0.391 e. The van der Waals surface area contributed by atoms with Crippen molar-refractivity contribution >= 4 is 11.3 Å². The van der Waals surface area contributed by atoms with Crippen molar-refractivity contribution in [3.63, 3.8) is 0 Å². The maximum Gasteiger partial charge on any atom is 0.0711 e. The van der Waals surface area contributed by atoms with E-state index in [1.54, 1.807) is 0 Å². The summed E-state index contributed by atoms with van der Waals surface area (Å²) in [5, 5.41) is 12.7. The Balaban J connectivity index is 1.30. The molecule has 2 aliphatic heterocycles.